The minimum Gasteiger partial charge on any atom is -0.484 e. The Morgan fingerprint density at radius 3 is 2.81 bits per heavy atom. The van der Waals surface area contributed by atoms with Crippen molar-refractivity contribution in [1.82, 2.24) is 19.8 Å². The van der Waals surface area contributed by atoms with Crippen molar-refractivity contribution < 1.29 is 9.53 Å². The van der Waals surface area contributed by atoms with Crippen LogP contribution in [0, 0.1) is 0 Å². The summed E-state index contributed by atoms with van der Waals surface area (Å²) in [6.07, 6.45) is 3.82. The van der Waals surface area contributed by atoms with Crippen LogP contribution >= 0.6 is 0 Å². The molecule has 0 bridgehead atoms. The zero-order valence-electron chi connectivity index (χ0n) is 14.0. The molecule has 0 radical (unpaired) electrons. The van der Waals surface area contributed by atoms with Crippen LogP contribution in [0.4, 0.5) is 0 Å². The van der Waals surface area contributed by atoms with Gasteiger partial charge in [-0.3, -0.25) is 4.79 Å². The number of benzene rings is 2. The van der Waals surface area contributed by atoms with Gasteiger partial charge in [-0.2, -0.15) is 10.2 Å². The summed E-state index contributed by atoms with van der Waals surface area (Å²) in [7, 11) is 0. The maximum atomic E-state index is 12.4. The van der Waals surface area contributed by atoms with Crippen LogP contribution in [-0.2, 0) is 4.79 Å². The van der Waals surface area contributed by atoms with Gasteiger partial charge in [-0.1, -0.05) is 36.4 Å². The van der Waals surface area contributed by atoms with Gasteiger partial charge in [0.25, 0.3) is 5.91 Å². The normalized spacial score (nSPS) is 13.5. The number of aromatic nitrogens is 3. The van der Waals surface area contributed by atoms with Crippen LogP contribution in [0.15, 0.2) is 72.4 Å². The highest BCUT2D eigenvalue weighted by Gasteiger charge is 2.21. The van der Waals surface area contributed by atoms with Gasteiger partial charge in [0.05, 0.1) is 17.9 Å². The molecule has 2 aromatic carbocycles. The number of ether oxygens (including phenoxy) is 1. The summed E-state index contributed by atoms with van der Waals surface area (Å²) < 4.78 is 7.27. The largest absolute Gasteiger partial charge is 0.484 e. The van der Waals surface area contributed by atoms with E-state index in [1.807, 2.05) is 48.5 Å². The highest BCUT2D eigenvalue weighted by atomic mass is 16.5. The van der Waals surface area contributed by atoms with Crippen LogP contribution in [0.3, 0.4) is 0 Å². The fraction of sp³-hybridized carbons (Fsp3) is 0.158. The Bertz CT molecular complexity index is 922. The lowest BCUT2D eigenvalue weighted by molar-refractivity contribution is -0.132. The van der Waals surface area contributed by atoms with Gasteiger partial charge < -0.3 is 4.74 Å². The molecular weight excluding hydrogens is 330 g/mol. The molecule has 1 aliphatic rings. The van der Waals surface area contributed by atoms with Crippen molar-refractivity contribution in [3.8, 4) is 11.4 Å². The lowest BCUT2D eigenvalue weighted by Gasteiger charge is -2.12. The Hall–Kier alpha value is -3.48. The molecule has 0 aliphatic carbocycles. The maximum absolute atomic E-state index is 12.4. The minimum atomic E-state index is -0.165. The molecule has 0 fully saturated rings. The van der Waals surface area contributed by atoms with Crippen molar-refractivity contribution in [3.63, 3.8) is 0 Å². The average Bonchev–Trinajstić information content (AvgIpc) is 3.39. The second-order valence-corrected chi connectivity index (χ2v) is 5.81. The molecule has 0 N–H and O–H groups in total. The molecule has 130 valence electrons. The number of amides is 1. The Balaban J connectivity index is 1.39. The van der Waals surface area contributed by atoms with Gasteiger partial charge in [0.15, 0.2) is 6.61 Å². The number of nitrogens with zero attached hydrogens (tertiary/aromatic N) is 5. The Morgan fingerprint density at radius 2 is 2.00 bits per heavy atom. The molecule has 26 heavy (non-hydrogen) atoms. The summed E-state index contributed by atoms with van der Waals surface area (Å²) in [5.41, 5.74) is 2.79. The number of carbonyl (C=O) groups is 1. The highest BCUT2D eigenvalue weighted by Crippen LogP contribution is 2.17. The summed E-state index contributed by atoms with van der Waals surface area (Å²) in [6, 6.07) is 17.2. The lowest BCUT2D eigenvalue weighted by Crippen LogP contribution is -2.28. The molecule has 4 rings (SSSR count). The van der Waals surface area contributed by atoms with Gasteiger partial charge in [-0.15, -0.1) is 0 Å². The van der Waals surface area contributed by atoms with Gasteiger partial charge in [0.1, 0.15) is 18.4 Å². The first-order valence-corrected chi connectivity index (χ1v) is 8.31. The lowest BCUT2D eigenvalue weighted by atomic mass is 10.1. The zero-order valence-corrected chi connectivity index (χ0v) is 14.0. The molecule has 2 heterocycles. The summed E-state index contributed by atoms with van der Waals surface area (Å²) in [6.45, 7) is 0.512. The summed E-state index contributed by atoms with van der Waals surface area (Å²) >= 11 is 0. The number of carbonyl (C=O) groups excluding carboxylic acids is 1. The van der Waals surface area contributed by atoms with Crippen molar-refractivity contribution >= 4 is 11.6 Å². The second kappa shape index (κ2) is 7.18. The second-order valence-electron chi connectivity index (χ2n) is 5.81. The predicted molar refractivity (Wildman–Crippen MR) is 96.2 cm³/mol. The van der Waals surface area contributed by atoms with Crippen molar-refractivity contribution in [2.24, 2.45) is 5.10 Å². The first-order chi connectivity index (χ1) is 12.8. The van der Waals surface area contributed by atoms with E-state index in [4.69, 9.17) is 4.74 Å². The molecule has 0 saturated heterocycles. The molecule has 1 aromatic heterocycles. The van der Waals surface area contributed by atoms with E-state index < -0.39 is 0 Å². The van der Waals surface area contributed by atoms with Crippen LogP contribution in [0.2, 0.25) is 0 Å². The van der Waals surface area contributed by atoms with Gasteiger partial charge in [0.2, 0.25) is 0 Å². The van der Waals surface area contributed by atoms with E-state index in [1.54, 1.807) is 17.1 Å². The number of hydrogen-bond donors (Lipinski definition) is 0. The molecule has 0 atom stereocenters. The van der Waals surface area contributed by atoms with E-state index in [2.05, 4.69) is 15.2 Å². The summed E-state index contributed by atoms with van der Waals surface area (Å²) in [5, 5.41) is 9.98. The monoisotopic (exact) mass is 347 g/mol. The van der Waals surface area contributed by atoms with E-state index in [0.29, 0.717) is 12.3 Å². The van der Waals surface area contributed by atoms with E-state index in [0.717, 1.165) is 23.4 Å². The molecule has 0 unspecified atom stereocenters. The third-order valence-electron chi connectivity index (χ3n) is 4.06. The quantitative estimate of drug-likeness (QED) is 0.710. The van der Waals surface area contributed by atoms with Crippen LogP contribution in [0.5, 0.6) is 5.75 Å². The highest BCUT2D eigenvalue weighted by molar-refractivity contribution is 6.02. The van der Waals surface area contributed by atoms with Gasteiger partial charge >= 0.3 is 0 Å². The Morgan fingerprint density at radius 1 is 1.12 bits per heavy atom. The van der Waals surface area contributed by atoms with Gasteiger partial charge in [-0.05, 0) is 17.7 Å². The SMILES string of the molecule is O=C(COc1cccc(-n2cncn2)c1)N1CCC(c2ccccc2)=N1. The zero-order chi connectivity index (χ0) is 17.8. The van der Waals surface area contributed by atoms with Crippen molar-refractivity contribution in [1.29, 1.82) is 0 Å². The van der Waals surface area contributed by atoms with Crippen LogP contribution in [0.1, 0.15) is 12.0 Å². The van der Waals surface area contributed by atoms with Crippen molar-refractivity contribution in [2.75, 3.05) is 13.2 Å². The summed E-state index contributed by atoms with van der Waals surface area (Å²) in [5.74, 6) is 0.430. The van der Waals surface area contributed by atoms with Gasteiger partial charge in [0, 0.05) is 12.5 Å². The van der Waals surface area contributed by atoms with Crippen LogP contribution in [-0.4, -0.2) is 44.5 Å². The van der Waals surface area contributed by atoms with Crippen LogP contribution < -0.4 is 4.74 Å². The van der Waals surface area contributed by atoms with E-state index in [9.17, 15) is 4.79 Å². The number of hydrogen-bond acceptors (Lipinski definition) is 5. The minimum absolute atomic E-state index is 0.0631. The number of hydrazone groups is 1. The molecule has 1 amide bonds. The van der Waals surface area contributed by atoms with Crippen LogP contribution in [0.25, 0.3) is 5.69 Å². The molecular formula is C19H17N5O2. The van der Waals surface area contributed by atoms with E-state index in [-0.39, 0.29) is 12.5 Å². The molecule has 7 nitrogen and oxygen atoms in total. The molecule has 1 aliphatic heterocycles. The first-order valence-electron chi connectivity index (χ1n) is 8.31. The summed E-state index contributed by atoms with van der Waals surface area (Å²) in [4.78, 5) is 16.3. The third-order valence-corrected chi connectivity index (χ3v) is 4.06. The van der Waals surface area contributed by atoms with E-state index >= 15 is 0 Å². The first kappa shape index (κ1) is 16.0. The Kier molecular flexibility index (Phi) is 4.42. The fourth-order valence-corrected chi connectivity index (χ4v) is 2.75. The molecule has 3 aromatic rings. The molecule has 0 spiro atoms. The smallest absolute Gasteiger partial charge is 0.280 e. The predicted octanol–water partition coefficient (Wildman–Crippen LogP) is 2.28. The maximum Gasteiger partial charge on any atom is 0.280 e. The van der Waals surface area contributed by atoms with Gasteiger partial charge in [-0.25, -0.2) is 14.7 Å². The topological polar surface area (TPSA) is 72.6 Å². The Labute approximate surface area is 150 Å². The molecule has 7 heteroatoms. The fourth-order valence-electron chi connectivity index (χ4n) is 2.75. The average molecular weight is 347 g/mol. The standard InChI is InChI=1S/C19H17N5O2/c25-19(23-10-9-18(22-23)15-5-2-1-3-6-15)12-26-17-8-4-7-16(11-17)24-14-20-13-21-24/h1-8,11,13-14H,9-10,12H2. The van der Waals surface area contributed by atoms with Crippen molar-refractivity contribution in [3.05, 3.63) is 72.8 Å². The number of rotatable bonds is 5. The van der Waals surface area contributed by atoms with Crippen molar-refractivity contribution in [2.45, 2.75) is 6.42 Å². The molecule has 0 saturated carbocycles. The third kappa shape index (κ3) is 3.46. The van der Waals surface area contributed by atoms with E-state index in [1.165, 1.54) is 11.3 Å².